The molecule has 3 heterocycles. The molecule has 0 saturated heterocycles. The van der Waals surface area contributed by atoms with Gasteiger partial charge >= 0.3 is 5.97 Å². The van der Waals surface area contributed by atoms with Crippen LogP contribution >= 0.6 is 11.6 Å². The molecule has 31 heavy (non-hydrogen) atoms. The number of aromatic nitrogens is 4. The standard InChI is InChI=1S/C23H21ClN4O3/c1-2-3-8-21-26-22(24)19(14-29)28(21)12-15-9-10-20-25-18(13-27(20)11-15)16-6-4-5-7-17(16)23(30)31/h4-7,9-11,13-14H,2-3,8,12H2,1H3,(H,30,31). The van der Waals surface area contributed by atoms with Gasteiger partial charge in [-0.15, -0.1) is 0 Å². The number of rotatable bonds is 8. The van der Waals surface area contributed by atoms with Gasteiger partial charge in [0.05, 0.1) is 17.8 Å². The number of unbranched alkanes of at least 4 members (excludes halogenated alkanes) is 1. The van der Waals surface area contributed by atoms with E-state index in [1.807, 2.05) is 27.3 Å². The van der Waals surface area contributed by atoms with Gasteiger partial charge in [0.1, 0.15) is 17.2 Å². The minimum Gasteiger partial charge on any atom is -0.478 e. The second kappa shape index (κ2) is 8.73. The molecule has 0 aliphatic carbocycles. The van der Waals surface area contributed by atoms with E-state index in [4.69, 9.17) is 11.6 Å². The highest BCUT2D eigenvalue weighted by Gasteiger charge is 2.17. The average molecular weight is 437 g/mol. The number of benzene rings is 1. The Balaban J connectivity index is 1.71. The zero-order valence-corrected chi connectivity index (χ0v) is 17.7. The Kier molecular flexibility index (Phi) is 5.86. The number of carboxylic acid groups (broad SMARTS) is 1. The fourth-order valence-electron chi connectivity index (χ4n) is 3.63. The van der Waals surface area contributed by atoms with Crippen molar-refractivity contribution in [2.45, 2.75) is 32.7 Å². The second-order valence-corrected chi connectivity index (χ2v) is 7.65. The van der Waals surface area contributed by atoms with Gasteiger partial charge in [-0.3, -0.25) is 4.79 Å². The van der Waals surface area contributed by atoms with Crippen LogP contribution in [0.25, 0.3) is 16.9 Å². The Bertz CT molecular complexity index is 1280. The molecule has 8 heteroatoms. The summed E-state index contributed by atoms with van der Waals surface area (Å²) in [6.45, 7) is 2.55. The molecule has 7 nitrogen and oxygen atoms in total. The molecule has 0 amide bonds. The van der Waals surface area contributed by atoms with Crippen LogP contribution in [0.5, 0.6) is 0 Å². The van der Waals surface area contributed by atoms with Crippen LogP contribution in [-0.4, -0.2) is 36.3 Å². The molecule has 3 aromatic heterocycles. The third-order valence-corrected chi connectivity index (χ3v) is 5.47. The molecular formula is C23H21ClN4O3. The van der Waals surface area contributed by atoms with E-state index in [1.54, 1.807) is 30.5 Å². The van der Waals surface area contributed by atoms with Crippen LogP contribution < -0.4 is 0 Å². The van der Waals surface area contributed by atoms with Gasteiger partial charge < -0.3 is 14.1 Å². The van der Waals surface area contributed by atoms with Crippen molar-refractivity contribution < 1.29 is 14.7 Å². The van der Waals surface area contributed by atoms with E-state index in [0.717, 1.165) is 36.9 Å². The fourth-order valence-corrected chi connectivity index (χ4v) is 3.88. The summed E-state index contributed by atoms with van der Waals surface area (Å²) in [5, 5.41) is 9.69. The number of carbonyl (C=O) groups excluding carboxylic acids is 1. The molecule has 0 spiro atoms. The SMILES string of the molecule is CCCCc1nc(Cl)c(C=O)n1Cc1ccc2nc(-c3ccccc3C(=O)O)cn2c1. The fraction of sp³-hybridized carbons (Fsp3) is 0.217. The van der Waals surface area contributed by atoms with Gasteiger partial charge in [-0.2, -0.15) is 0 Å². The number of nitrogens with zero attached hydrogens (tertiary/aromatic N) is 4. The molecule has 0 fully saturated rings. The number of aromatic carboxylic acids is 1. The van der Waals surface area contributed by atoms with Gasteiger partial charge in [0.2, 0.25) is 0 Å². The van der Waals surface area contributed by atoms with Crippen molar-refractivity contribution in [1.29, 1.82) is 0 Å². The van der Waals surface area contributed by atoms with E-state index >= 15 is 0 Å². The molecule has 4 aromatic rings. The number of halogens is 1. The summed E-state index contributed by atoms with van der Waals surface area (Å²) in [7, 11) is 0. The second-order valence-electron chi connectivity index (χ2n) is 7.29. The summed E-state index contributed by atoms with van der Waals surface area (Å²) >= 11 is 6.18. The molecule has 0 aliphatic rings. The number of carboxylic acids is 1. The first-order chi connectivity index (χ1) is 15.0. The van der Waals surface area contributed by atoms with Crippen LogP contribution in [0.2, 0.25) is 5.15 Å². The topological polar surface area (TPSA) is 89.5 Å². The zero-order valence-electron chi connectivity index (χ0n) is 17.0. The van der Waals surface area contributed by atoms with Crippen LogP contribution in [0.3, 0.4) is 0 Å². The smallest absolute Gasteiger partial charge is 0.336 e. The van der Waals surface area contributed by atoms with Crippen molar-refractivity contribution in [2.75, 3.05) is 0 Å². The molecule has 0 saturated carbocycles. The molecular weight excluding hydrogens is 416 g/mol. The van der Waals surface area contributed by atoms with Crippen LogP contribution in [0.4, 0.5) is 0 Å². The van der Waals surface area contributed by atoms with Crippen molar-refractivity contribution in [3.63, 3.8) is 0 Å². The molecule has 0 bridgehead atoms. The summed E-state index contributed by atoms with van der Waals surface area (Å²) in [6.07, 6.45) is 7.18. The van der Waals surface area contributed by atoms with Crippen molar-refractivity contribution in [2.24, 2.45) is 0 Å². The highest BCUT2D eigenvalue weighted by Crippen LogP contribution is 2.24. The van der Waals surface area contributed by atoms with E-state index in [2.05, 4.69) is 16.9 Å². The van der Waals surface area contributed by atoms with E-state index in [1.165, 1.54) is 0 Å². The highest BCUT2D eigenvalue weighted by molar-refractivity contribution is 6.31. The predicted octanol–water partition coefficient (Wildman–Crippen LogP) is 4.75. The maximum absolute atomic E-state index is 11.6. The van der Waals surface area contributed by atoms with Gasteiger partial charge in [0.25, 0.3) is 0 Å². The molecule has 0 radical (unpaired) electrons. The quantitative estimate of drug-likeness (QED) is 0.402. The molecule has 0 unspecified atom stereocenters. The number of aryl methyl sites for hydroxylation is 1. The number of imidazole rings is 2. The maximum atomic E-state index is 11.6. The van der Waals surface area contributed by atoms with Crippen molar-refractivity contribution in [3.8, 4) is 11.3 Å². The normalized spacial score (nSPS) is 11.2. The lowest BCUT2D eigenvalue weighted by Crippen LogP contribution is -2.09. The monoisotopic (exact) mass is 436 g/mol. The van der Waals surface area contributed by atoms with E-state index < -0.39 is 5.97 Å². The Morgan fingerprint density at radius 2 is 1.97 bits per heavy atom. The summed E-state index contributed by atoms with van der Waals surface area (Å²) in [5.41, 5.74) is 3.36. The van der Waals surface area contributed by atoms with Crippen molar-refractivity contribution in [3.05, 3.63) is 76.6 Å². The lowest BCUT2D eigenvalue weighted by atomic mass is 10.1. The van der Waals surface area contributed by atoms with Crippen LogP contribution in [-0.2, 0) is 13.0 Å². The first-order valence-corrected chi connectivity index (χ1v) is 10.4. The van der Waals surface area contributed by atoms with Gasteiger partial charge in [0, 0.05) is 24.4 Å². The minimum absolute atomic E-state index is 0.204. The molecule has 1 aromatic carbocycles. The molecule has 1 N–H and O–H groups in total. The summed E-state index contributed by atoms with van der Waals surface area (Å²) in [6, 6.07) is 10.6. The largest absolute Gasteiger partial charge is 0.478 e. The predicted molar refractivity (Wildman–Crippen MR) is 118 cm³/mol. The number of aldehydes is 1. The van der Waals surface area contributed by atoms with E-state index in [-0.39, 0.29) is 10.7 Å². The first kappa shape index (κ1) is 20.8. The van der Waals surface area contributed by atoms with Gasteiger partial charge in [-0.1, -0.05) is 49.2 Å². The molecule has 0 atom stereocenters. The third-order valence-electron chi connectivity index (χ3n) is 5.19. The Labute approximate surface area is 183 Å². The summed E-state index contributed by atoms with van der Waals surface area (Å²) in [4.78, 5) is 32.1. The summed E-state index contributed by atoms with van der Waals surface area (Å²) in [5.74, 6) is -0.206. The van der Waals surface area contributed by atoms with E-state index in [0.29, 0.717) is 29.1 Å². The number of hydrogen-bond acceptors (Lipinski definition) is 4. The maximum Gasteiger partial charge on any atom is 0.336 e. The van der Waals surface area contributed by atoms with Crippen molar-refractivity contribution >= 4 is 29.5 Å². The molecule has 4 rings (SSSR count). The number of hydrogen-bond donors (Lipinski definition) is 1. The van der Waals surface area contributed by atoms with Crippen LogP contribution in [0.1, 0.15) is 52.0 Å². The zero-order chi connectivity index (χ0) is 22.0. The van der Waals surface area contributed by atoms with Crippen LogP contribution in [0.15, 0.2) is 48.8 Å². The number of fused-ring (bicyclic) bond motifs is 1. The summed E-state index contributed by atoms with van der Waals surface area (Å²) < 4.78 is 3.71. The van der Waals surface area contributed by atoms with Gasteiger partial charge in [0.15, 0.2) is 11.4 Å². The van der Waals surface area contributed by atoms with Gasteiger partial charge in [-0.05, 0) is 24.1 Å². The van der Waals surface area contributed by atoms with E-state index in [9.17, 15) is 14.7 Å². The molecule has 0 aliphatic heterocycles. The lowest BCUT2D eigenvalue weighted by Gasteiger charge is -2.10. The highest BCUT2D eigenvalue weighted by atomic mass is 35.5. The van der Waals surface area contributed by atoms with Crippen molar-refractivity contribution in [1.82, 2.24) is 18.9 Å². The lowest BCUT2D eigenvalue weighted by molar-refractivity contribution is 0.0697. The van der Waals surface area contributed by atoms with Gasteiger partial charge in [-0.25, -0.2) is 14.8 Å². The average Bonchev–Trinajstić information content (AvgIpc) is 3.32. The van der Waals surface area contributed by atoms with Crippen LogP contribution in [0, 0.1) is 0 Å². The Hall–Kier alpha value is -3.45. The first-order valence-electron chi connectivity index (χ1n) is 10.0. The Morgan fingerprint density at radius 1 is 1.16 bits per heavy atom. The third kappa shape index (κ3) is 4.09. The molecule has 158 valence electrons. The minimum atomic E-state index is -0.994. The Morgan fingerprint density at radius 3 is 2.71 bits per heavy atom. The number of carbonyl (C=O) groups is 2. The number of pyridine rings is 1.